The molecule has 0 aromatic carbocycles. The Morgan fingerprint density at radius 2 is 2.32 bits per heavy atom. The molecule has 1 rings (SSSR count). The highest BCUT2D eigenvalue weighted by Crippen LogP contribution is 2.23. The Hall–Kier alpha value is -0.650. The first-order valence-electron chi connectivity index (χ1n) is 7.08. The van der Waals surface area contributed by atoms with E-state index in [9.17, 15) is 9.90 Å². The van der Waals surface area contributed by atoms with Crippen LogP contribution in [-0.2, 0) is 9.53 Å². The fourth-order valence-electron chi connectivity index (χ4n) is 2.89. The summed E-state index contributed by atoms with van der Waals surface area (Å²) >= 11 is 0. The number of likely N-dealkylation sites (tertiary alicyclic amines) is 1. The summed E-state index contributed by atoms with van der Waals surface area (Å²) in [6, 6.07) is 0.258. The van der Waals surface area contributed by atoms with Crippen LogP contribution in [0, 0.1) is 5.92 Å². The molecule has 1 heterocycles. The zero-order chi connectivity index (χ0) is 14.5. The SMILES string of the molecule is CNC(C)(CC(C)N1CCCC(COC)C1)C(=O)O. The minimum atomic E-state index is -0.854. The Morgan fingerprint density at radius 1 is 1.63 bits per heavy atom. The lowest BCUT2D eigenvalue weighted by Crippen LogP contribution is -2.53. The van der Waals surface area contributed by atoms with Gasteiger partial charge in [-0.05, 0) is 52.6 Å². The molecule has 1 fully saturated rings. The summed E-state index contributed by atoms with van der Waals surface area (Å²) in [7, 11) is 3.45. The third-order valence-corrected chi connectivity index (χ3v) is 4.30. The lowest BCUT2D eigenvalue weighted by molar-refractivity contribution is -0.144. The molecule has 19 heavy (non-hydrogen) atoms. The molecule has 0 spiro atoms. The van der Waals surface area contributed by atoms with Crippen LogP contribution in [0.15, 0.2) is 0 Å². The van der Waals surface area contributed by atoms with E-state index in [2.05, 4.69) is 17.1 Å². The van der Waals surface area contributed by atoms with Crippen LogP contribution in [-0.4, -0.2) is 61.4 Å². The van der Waals surface area contributed by atoms with Crippen molar-refractivity contribution >= 4 is 5.97 Å². The normalized spacial score (nSPS) is 25.8. The van der Waals surface area contributed by atoms with Crippen molar-refractivity contribution in [3.63, 3.8) is 0 Å². The van der Waals surface area contributed by atoms with Crippen molar-refractivity contribution < 1.29 is 14.6 Å². The number of methoxy groups -OCH3 is 1. The van der Waals surface area contributed by atoms with E-state index < -0.39 is 11.5 Å². The van der Waals surface area contributed by atoms with Gasteiger partial charge < -0.3 is 20.1 Å². The Kier molecular flexibility index (Phi) is 6.23. The minimum absolute atomic E-state index is 0.258. The van der Waals surface area contributed by atoms with Crippen molar-refractivity contribution in [2.75, 3.05) is 33.9 Å². The van der Waals surface area contributed by atoms with Gasteiger partial charge in [-0.2, -0.15) is 0 Å². The van der Waals surface area contributed by atoms with E-state index in [1.54, 1.807) is 21.1 Å². The molecule has 1 saturated heterocycles. The van der Waals surface area contributed by atoms with Crippen LogP contribution < -0.4 is 5.32 Å². The number of likely N-dealkylation sites (N-methyl/N-ethyl adjacent to an activating group) is 1. The van der Waals surface area contributed by atoms with Crippen molar-refractivity contribution in [2.24, 2.45) is 5.92 Å². The van der Waals surface area contributed by atoms with E-state index in [1.165, 1.54) is 12.8 Å². The fourth-order valence-corrected chi connectivity index (χ4v) is 2.89. The fraction of sp³-hybridized carbons (Fsp3) is 0.929. The number of carboxylic acid groups (broad SMARTS) is 1. The van der Waals surface area contributed by atoms with Gasteiger partial charge in [-0.15, -0.1) is 0 Å². The zero-order valence-corrected chi connectivity index (χ0v) is 12.6. The quantitative estimate of drug-likeness (QED) is 0.729. The lowest BCUT2D eigenvalue weighted by atomic mass is 9.90. The smallest absolute Gasteiger partial charge is 0.323 e. The van der Waals surface area contributed by atoms with Gasteiger partial charge in [-0.3, -0.25) is 4.79 Å². The van der Waals surface area contributed by atoms with E-state index in [1.807, 2.05) is 0 Å². The molecule has 2 N–H and O–H groups in total. The summed E-state index contributed by atoms with van der Waals surface area (Å²) in [5.74, 6) is -0.209. The molecule has 0 aliphatic carbocycles. The lowest BCUT2D eigenvalue weighted by Gasteiger charge is -2.39. The molecule has 3 atom stereocenters. The van der Waals surface area contributed by atoms with Gasteiger partial charge in [0, 0.05) is 19.7 Å². The molecular formula is C14H28N2O3. The molecule has 3 unspecified atom stereocenters. The molecule has 0 bridgehead atoms. The maximum absolute atomic E-state index is 11.3. The van der Waals surface area contributed by atoms with Crippen molar-refractivity contribution in [3.05, 3.63) is 0 Å². The van der Waals surface area contributed by atoms with Gasteiger partial charge in [0.2, 0.25) is 0 Å². The largest absolute Gasteiger partial charge is 0.480 e. The number of carboxylic acids is 1. The molecule has 5 heteroatoms. The van der Waals surface area contributed by atoms with E-state index in [4.69, 9.17) is 4.74 Å². The minimum Gasteiger partial charge on any atom is -0.480 e. The molecule has 1 aliphatic heterocycles. The van der Waals surface area contributed by atoms with Crippen molar-refractivity contribution in [3.8, 4) is 0 Å². The standard InChI is InChI=1S/C14H28N2O3/c1-11(8-14(2,15-3)13(17)18)16-7-5-6-12(9-16)10-19-4/h11-12,15H,5-10H2,1-4H3,(H,17,18). The molecule has 0 aromatic rings. The molecule has 0 aromatic heterocycles. The molecule has 0 saturated carbocycles. The summed E-state index contributed by atoms with van der Waals surface area (Å²) < 4.78 is 5.24. The number of ether oxygens (including phenoxy) is 1. The summed E-state index contributed by atoms with van der Waals surface area (Å²) in [6.07, 6.45) is 2.99. The van der Waals surface area contributed by atoms with Gasteiger partial charge in [0.05, 0.1) is 6.61 Å². The number of piperidine rings is 1. The van der Waals surface area contributed by atoms with E-state index in [-0.39, 0.29) is 6.04 Å². The molecule has 0 amide bonds. The second-order valence-electron chi connectivity index (χ2n) is 5.90. The average Bonchev–Trinajstić information content (AvgIpc) is 2.39. The van der Waals surface area contributed by atoms with Crippen LogP contribution in [0.25, 0.3) is 0 Å². The third-order valence-electron chi connectivity index (χ3n) is 4.30. The van der Waals surface area contributed by atoms with Crippen LogP contribution in [0.3, 0.4) is 0 Å². The topological polar surface area (TPSA) is 61.8 Å². The van der Waals surface area contributed by atoms with Crippen molar-refractivity contribution in [2.45, 2.75) is 44.7 Å². The number of rotatable bonds is 7. The van der Waals surface area contributed by atoms with Crippen LogP contribution >= 0.6 is 0 Å². The van der Waals surface area contributed by atoms with Gasteiger partial charge in [0.1, 0.15) is 5.54 Å². The first-order valence-corrected chi connectivity index (χ1v) is 7.08. The van der Waals surface area contributed by atoms with Gasteiger partial charge >= 0.3 is 5.97 Å². The number of hydrogen-bond acceptors (Lipinski definition) is 4. The van der Waals surface area contributed by atoms with Crippen LogP contribution in [0.4, 0.5) is 0 Å². The average molecular weight is 272 g/mol. The zero-order valence-electron chi connectivity index (χ0n) is 12.6. The molecule has 0 radical (unpaired) electrons. The maximum Gasteiger partial charge on any atom is 0.323 e. The second kappa shape index (κ2) is 7.22. The number of hydrogen-bond donors (Lipinski definition) is 2. The summed E-state index contributed by atoms with van der Waals surface area (Å²) in [4.78, 5) is 13.7. The van der Waals surface area contributed by atoms with Crippen LogP contribution in [0.5, 0.6) is 0 Å². The third kappa shape index (κ3) is 4.44. The van der Waals surface area contributed by atoms with Crippen LogP contribution in [0.2, 0.25) is 0 Å². The van der Waals surface area contributed by atoms with Gasteiger partial charge in [0.15, 0.2) is 0 Å². The first-order chi connectivity index (χ1) is 8.92. The predicted molar refractivity (Wildman–Crippen MR) is 75.4 cm³/mol. The predicted octanol–water partition coefficient (Wildman–Crippen LogP) is 1.19. The van der Waals surface area contributed by atoms with Crippen LogP contribution in [0.1, 0.15) is 33.1 Å². The molecular weight excluding hydrogens is 244 g/mol. The molecule has 5 nitrogen and oxygen atoms in total. The van der Waals surface area contributed by atoms with Crippen molar-refractivity contribution in [1.29, 1.82) is 0 Å². The number of nitrogens with one attached hydrogen (secondary N) is 1. The first kappa shape index (κ1) is 16.4. The van der Waals surface area contributed by atoms with Gasteiger partial charge in [-0.25, -0.2) is 0 Å². The number of carbonyl (C=O) groups is 1. The van der Waals surface area contributed by atoms with E-state index >= 15 is 0 Å². The summed E-state index contributed by atoms with van der Waals surface area (Å²) in [5.41, 5.74) is -0.854. The molecule has 1 aliphatic rings. The molecule has 112 valence electrons. The Morgan fingerprint density at radius 3 is 2.84 bits per heavy atom. The van der Waals surface area contributed by atoms with Gasteiger partial charge in [-0.1, -0.05) is 0 Å². The highest BCUT2D eigenvalue weighted by atomic mass is 16.5. The summed E-state index contributed by atoms with van der Waals surface area (Å²) in [5, 5.41) is 12.2. The van der Waals surface area contributed by atoms with E-state index in [0.29, 0.717) is 12.3 Å². The van der Waals surface area contributed by atoms with Gasteiger partial charge in [0.25, 0.3) is 0 Å². The summed E-state index contributed by atoms with van der Waals surface area (Å²) in [6.45, 7) is 6.73. The number of aliphatic carboxylic acids is 1. The Balaban J connectivity index is 2.57. The second-order valence-corrected chi connectivity index (χ2v) is 5.90. The monoisotopic (exact) mass is 272 g/mol. The van der Waals surface area contributed by atoms with E-state index in [0.717, 1.165) is 19.7 Å². The Labute approximate surface area is 116 Å². The van der Waals surface area contributed by atoms with Crippen molar-refractivity contribution in [1.82, 2.24) is 10.2 Å². The highest BCUT2D eigenvalue weighted by Gasteiger charge is 2.35. The number of nitrogens with zero attached hydrogens (tertiary/aromatic N) is 1. The highest BCUT2D eigenvalue weighted by molar-refractivity contribution is 5.78. The Bertz CT molecular complexity index is 296. The maximum atomic E-state index is 11.3.